The molecule has 3 aromatic rings. The SMILES string of the molecule is Cc1noc2nc(-c3ccccc3C(F)(F)F)cc(C(=O)NCC(C)(C)N)c12. The molecule has 2 heterocycles. The quantitative estimate of drug-likeness (QED) is 0.706. The van der Waals surface area contributed by atoms with Crippen LogP contribution in [0.15, 0.2) is 34.9 Å². The Bertz CT molecular complexity index is 1040. The molecule has 0 atom stereocenters. The zero-order chi connectivity index (χ0) is 20.7. The lowest BCUT2D eigenvalue weighted by Crippen LogP contribution is -2.45. The lowest BCUT2D eigenvalue weighted by atomic mass is 10.00. The number of aromatic nitrogens is 2. The summed E-state index contributed by atoms with van der Waals surface area (Å²) < 4.78 is 45.3. The third-order valence-electron chi connectivity index (χ3n) is 4.07. The summed E-state index contributed by atoms with van der Waals surface area (Å²) in [5.41, 5.74) is 4.72. The number of fused-ring (bicyclic) bond motifs is 1. The highest BCUT2D eigenvalue weighted by Gasteiger charge is 2.34. The van der Waals surface area contributed by atoms with Gasteiger partial charge in [0.05, 0.1) is 27.9 Å². The molecule has 0 radical (unpaired) electrons. The number of amides is 1. The lowest BCUT2D eigenvalue weighted by Gasteiger charge is -2.19. The van der Waals surface area contributed by atoms with Gasteiger partial charge in [-0.3, -0.25) is 4.79 Å². The molecule has 9 heteroatoms. The van der Waals surface area contributed by atoms with Crippen LogP contribution in [-0.2, 0) is 6.18 Å². The van der Waals surface area contributed by atoms with Crippen molar-refractivity contribution in [3.63, 3.8) is 0 Å². The fourth-order valence-electron chi connectivity index (χ4n) is 2.77. The number of nitrogens with two attached hydrogens (primary N) is 1. The van der Waals surface area contributed by atoms with Gasteiger partial charge in [0.2, 0.25) is 0 Å². The minimum atomic E-state index is -4.57. The summed E-state index contributed by atoms with van der Waals surface area (Å²) in [5, 5.41) is 6.83. The van der Waals surface area contributed by atoms with E-state index in [1.807, 2.05) is 0 Å². The van der Waals surface area contributed by atoms with Gasteiger partial charge in [-0.15, -0.1) is 0 Å². The highest BCUT2D eigenvalue weighted by atomic mass is 19.4. The van der Waals surface area contributed by atoms with Crippen LogP contribution in [0.1, 0.15) is 35.5 Å². The van der Waals surface area contributed by atoms with Gasteiger partial charge in [-0.2, -0.15) is 13.2 Å². The Morgan fingerprint density at radius 2 is 1.93 bits per heavy atom. The maximum Gasteiger partial charge on any atom is 0.417 e. The predicted molar refractivity (Wildman–Crippen MR) is 97.6 cm³/mol. The molecule has 0 aliphatic rings. The van der Waals surface area contributed by atoms with Crippen LogP contribution in [0.2, 0.25) is 0 Å². The van der Waals surface area contributed by atoms with E-state index < -0.39 is 23.2 Å². The minimum Gasteiger partial charge on any atom is -0.350 e. The standard InChI is InChI=1S/C19H19F3N4O2/c1-10-15-12(16(27)24-9-18(2,3)23)8-14(25-17(15)28-26-10)11-6-4-5-7-13(11)19(20,21)22/h4-8H,9,23H2,1-3H3,(H,24,27). The number of aryl methyl sites for hydroxylation is 1. The van der Waals surface area contributed by atoms with Crippen molar-refractivity contribution in [2.24, 2.45) is 5.73 Å². The maximum atomic E-state index is 13.4. The van der Waals surface area contributed by atoms with Crippen molar-refractivity contribution >= 4 is 17.0 Å². The van der Waals surface area contributed by atoms with Crippen LogP contribution >= 0.6 is 0 Å². The van der Waals surface area contributed by atoms with Crippen LogP contribution < -0.4 is 11.1 Å². The number of hydrogen-bond donors (Lipinski definition) is 2. The lowest BCUT2D eigenvalue weighted by molar-refractivity contribution is -0.137. The van der Waals surface area contributed by atoms with Crippen LogP contribution in [0.4, 0.5) is 13.2 Å². The maximum absolute atomic E-state index is 13.4. The van der Waals surface area contributed by atoms with Gasteiger partial charge in [-0.1, -0.05) is 23.4 Å². The normalized spacial score (nSPS) is 12.4. The Morgan fingerprint density at radius 3 is 2.57 bits per heavy atom. The molecule has 0 spiro atoms. The molecular formula is C19H19F3N4O2. The van der Waals surface area contributed by atoms with Crippen LogP contribution in [0.25, 0.3) is 22.4 Å². The monoisotopic (exact) mass is 392 g/mol. The molecule has 0 bridgehead atoms. The Kier molecular flexibility index (Phi) is 4.88. The van der Waals surface area contributed by atoms with E-state index in [2.05, 4.69) is 15.5 Å². The zero-order valence-corrected chi connectivity index (χ0v) is 15.5. The number of halogens is 3. The first-order chi connectivity index (χ1) is 13.0. The number of pyridine rings is 1. The summed E-state index contributed by atoms with van der Waals surface area (Å²) in [6.07, 6.45) is -4.57. The van der Waals surface area contributed by atoms with E-state index in [0.717, 1.165) is 6.07 Å². The van der Waals surface area contributed by atoms with E-state index in [9.17, 15) is 18.0 Å². The Hall–Kier alpha value is -2.94. The summed E-state index contributed by atoms with van der Waals surface area (Å²) in [4.78, 5) is 16.9. The van der Waals surface area contributed by atoms with E-state index in [1.165, 1.54) is 24.3 Å². The summed E-state index contributed by atoms with van der Waals surface area (Å²) in [6.45, 7) is 5.28. The van der Waals surface area contributed by atoms with Crippen molar-refractivity contribution in [3.8, 4) is 11.3 Å². The molecule has 0 saturated heterocycles. The van der Waals surface area contributed by atoms with Crippen molar-refractivity contribution < 1.29 is 22.5 Å². The van der Waals surface area contributed by atoms with Crippen LogP contribution in [-0.4, -0.2) is 28.1 Å². The summed E-state index contributed by atoms with van der Waals surface area (Å²) in [7, 11) is 0. The van der Waals surface area contributed by atoms with E-state index in [4.69, 9.17) is 10.3 Å². The Balaban J connectivity index is 2.16. The second kappa shape index (κ2) is 6.90. The van der Waals surface area contributed by atoms with Crippen molar-refractivity contribution in [3.05, 3.63) is 47.2 Å². The van der Waals surface area contributed by atoms with E-state index in [-0.39, 0.29) is 29.1 Å². The van der Waals surface area contributed by atoms with Gasteiger partial charge in [0.1, 0.15) is 0 Å². The molecule has 0 aliphatic heterocycles. The van der Waals surface area contributed by atoms with Gasteiger partial charge in [-0.25, -0.2) is 4.98 Å². The van der Waals surface area contributed by atoms with Gasteiger partial charge in [0.25, 0.3) is 11.6 Å². The number of rotatable bonds is 4. The second-order valence-electron chi connectivity index (χ2n) is 7.22. The van der Waals surface area contributed by atoms with Crippen molar-refractivity contribution in [2.75, 3.05) is 6.54 Å². The number of nitrogens with one attached hydrogen (secondary N) is 1. The third-order valence-corrected chi connectivity index (χ3v) is 4.07. The smallest absolute Gasteiger partial charge is 0.350 e. The highest BCUT2D eigenvalue weighted by Crippen LogP contribution is 2.37. The molecular weight excluding hydrogens is 373 g/mol. The molecule has 3 rings (SSSR count). The highest BCUT2D eigenvalue weighted by molar-refractivity contribution is 6.07. The zero-order valence-electron chi connectivity index (χ0n) is 15.5. The van der Waals surface area contributed by atoms with E-state index in [0.29, 0.717) is 11.1 Å². The summed E-state index contributed by atoms with van der Waals surface area (Å²) >= 11 is 0. The van der Waals surface area contributed by atoms with Gasteiger partial charge in [0.15, 0.2) is 0 Å². The number of carbonyl (C=O) groups is 1. The topological polar surface area (TPSA) is 94.0 Å². The number of hydrogen-bond acceptors (Lipinski definition) is 5. The Morgan fingerprint density at radius 1 is 1.25 bits per heavy atom. The largest absolute Gasteiger partial charge is 0.417 e. The second-order valence-corrected chi connectivity index (χ2v) is 7.22. The third kappa shape index (κ3) is 3.99. The number of benzene rings is 1. The minimum absolute atomic E-state index is 0.0101. The summed E-state index contributed by atoms with van der Waals surface area (Å²) in [6, 6.07) is 6.34. The predicted octanol–water partition coefficient (Wildman–Crippen LogP) is 3.68. The Labute approximate surface area is 158 Å². The van der Waals surface area contributed by atoms with E-state index >= 15 is 0 Å². The molecule has 28 heavy (non-hydrogen) atoms. The number of carbonyl (C=O) groups excluding carboxylic acids is 1. The fraction of sp³-hybridized carbons (Fsp3) is 0.316. The van der Waals surface area contributed by atoms with Crippen molar-refractivity contribution in [1.82, 2.24) is 15.5 Å². The molecule has 1 aromatic carbocycles. The first-order valence-electron chi connectivity index (χ1n) is 8.48. The van der Waals surface area contributed by atoms with E-state index in [1.54, 1.807) is 20.8 Å². The van der Waals surface area contributed by atoms with Crippen molar-refractivity contribution in [1.29, 1.82) is 0 Å². The first kappa shape index (κ1) is 19.8. The molecule has 1 amide bonds. The molecule has 2 aromatic heterocycles. The summed E-state index contributed by atoms with van der Waals surface area (Å²) in [5.74, 6) is -0.497. The van der Waals surface area contributed by atoms with Gasteiger partial charge in [0, 0.05) is 17.6 Å². The molecule has 6 nitrogen and oxygen atoms in total. The van der Waals surface area contributed by atoms with Crippen LogP contribution in [0.3, 0.4) is 0 Å². The van der Waals surface area contributed by atoms with Gasteiger partial charge in [-0.05, 0) is 32.9 Å². The number of alkyl halides is 3. The molecule has 0 aliphatic carbocycles. The molecule has 0 saturated carbocycles. The van der Waals surface area contributed by atoms with Crippen LogP contribution in [0, 0.1) is 6.92 Å². The average Bonchev–Trinajstić information content (AvgIpc) is 2.98. The molecule has 0 unspecified atom stereocenters. The fourth-order valence-corrected chi connectivity index (χ4v) is 2.77. The van der Waals surface area contributed by atoms with Gasteiger partial charge >= 0.3 is 6.18 Å². The average molecular weight is 392 g/mol. The molecule has 0 fully saturated rings. The van der Waals surface area contributed by atoms with Crippen molar-refractivity contribution in [2.45, 2.75) is 32.5 Å². The number of nitrogens with zero attached hydrogens (tertiary/aromatic N) is 2. The molecule has 148 valence electrons. The van der Waals surface area contributed by atoms with Crippen LogP contribution in [0.5, 0.6) is 0 Å². The van der Waals surface area contributed by atoms with Gasteiger partial charge < -0.3 is 15.6 Å². The molecule has 3 N–H and O–H groups in total. The first-order valence-corrected chi connectivity index (χ1v) is 8.48.